The zero-order valence-corrected chi connectivity index (χ0v) is 9.91. The number of nitrogens with two attached hydrogens (primary N) is 1. The molecular formula is C10H13N5O4. The molecule has 2 atom stereocenters. The van der Waals surface area contributed by atoms with Crippen molar-refractivity contribution in [2.45, 2.75) is 18.2 Å². The number of fused-ring (bicyclic) bond motifs is 1. The lowest BCUT2D eigenvalue weighted by molar-refractivity contribution is 0.156. The predicted molar refractivity (Wildman–Crippen MR) is 64.3 cm³/mol. The maximum absolute atomic E-state index is 11.6. The van der Waals surface area contributed by atoms with Crippen LogP contribution in [0.5, 0.6) is 0 Å². The van der Waals surface area contributed by atoms with E-state index in [4.69, 9.17) is 15.6 Å². The fourth-order valence-electron chi connectivity index (χ4n) is 2.16. The van der Waals surface area contributed by atoms with Crippen LogP contribution in [0.3, 0.4) is 0 Å². The van der Waals surface area contributed by atoms with Gasteiger partial charge >= 0.3 is 0 Å². The van der Waals surface area contributed by atoms with E-state index in [1.807, 2.05) is 0 Å². The Hall–Kier alpha value is -1.97. The van der Waals surface area contributed by atoms with E-state index in [0.29, 0.717) is 5.65 Å². The molecule has 0 aliphatic carbocycles. The van der Waals surface area contributed by atoms with Crippen molar-refractivity contribution in [2.24, 2.45) is 0 Å². The number of hydrogen-bond acceptors (Lipinski definition) is 7. The topological polar surface area (TPSA) is 143 Å². The SMILES string of the molecule is Nc1nc2c(ncn2C[C@]2(CO)O[C@@H]2CO)c(=O)[nH]1. The molecule has 2 aromatic rings. The standard InChI is InChI=1S/C10H13N5O4/c11-9-13-7-6(8(18)14-9)12-4-15(7)2-10(3-17)5(1-16)19-10/h4-5,16-17H,1-3H2,(H3,11,13,14,18)/t5-,10-/m1/s1. The molecule has 1 saturated heterocycles. The molecule has 1 aliphatic heterocycles. The van der Waals surface area contributed by atoms with Gasteiger partial charge in [0.2, 0.25) is 5.95 Å². The van der Waals surface area contributed by atoms with Gasteiger partial charge in [0.15, 0.2) is 11.2 Å². The summed E-state index contributed by atoms with van der Waals surface area (Å²) in [6, 6.07) is 0. The highest BCUT2D eigenvalue weighted by molar-refractivity contribution is 5.70. The largest absolute Gasteiger partial charge is 0.394 e. The van der Waals surface area contributed by atoms with Crippen LogP contribution in [0.15, 0.2) is 11.1 Å². The number of aliphatic hydroxyl groups is 2. The second kappa shape index (κ2) is 4.02. The van der Waals surface area contributed by atoms with Crippen LogP contribution in [-0.2, 0) is 11.3 Å². The number of epoxide rings is 1. The van der Waals surface area contributed by atoms with E-state index in [0.717, 1.165) is 0 Å². The van der Waals surface area contributed by atoms with Crippen molar-refractivity contribution in [3.05, 3.63) is 16.7 Å². The van der Waals surface area contributed by atoms with Crippen LogP contribution in [0.2, 0.25) is 0 Å². The third-order valence-corrected chi connectivity index (χ3v) is 3.27. The zero-order valence-electron chi connectivity index (χ0n) is 9.91. The van der Waals surface area contributed by atoms with E-state index < -0.39 is 17.3 Å². The average molecular weight is 267 g/mol. The van der Waals surface area contributed by atoms with Crippen molar-refractivity contribution in [2.75, 3.05) is 18.9 Å². The summed E-state index contributed by atoms with van der Waals surface area (Å²) in [6.45, 7) is -0.180. The minimum atomic E-state index is -0.846. The van der Waals surface area contributed by atoms with Gasteiger partial charge in [-0.25, -0.2) is 4.98 Å². The third kappa shape index (κ3) is 1.79. The Morgan fingerprint density at radius 1 is 1.58 bits per heavy atom. The van der Waals surface area contributed by atoms with Gasteiger partial charge in [-0.1, -0.05) is 0 Å². The molecule has 102 valence electrons. The Morgan fingerprint density at radius 3 is 3.00 bits per heavy atom. The number of aliphatic hydroxyl groups excluding tert-OH is 2. The lowest BCUT2D eigenvalue weighted by Crippen LogP contribution is -2.28. The number of aromatic nitrogens is 4. The number of anilines is 1. The Balaban J connectivity index is 2.01. The number of hydrogen-bond donors (Lipinski definition) is 4. The van der Waals surface area contributed by atoms with Gasteiger partial charge in [0.05, 0.1) is 26.1 Å². The summed E-state index contributed by atoms with van der Waals surface area (Å²) < 4.78 is 6.87. The smallest absolute Gasteiger partial charge is 0.280 e. The number of nitrogens with zero attached hydrogens (tertiary/aromatic N) is 3. The summed E-state index contributed by atoms with van der Waals surface area (Å²) in [5.41, 5.74) is 4.71. The van der Waals surface area contributed by atoms with Crippen LogP contribution in [-0.4, -0.2) is 54.7 Å². The fraction of sp³-hybridized carbons (Fsp3) is 0.500. The van der Waals surface area contributed by atoms with E-state index in [1.165, 1.54) is 6.33 Å². The van der Waals surface area contributed by atoms with Crippen molar-refractivity contribution < 1.29 is 14.9 Å². The number of nitrogens with one attached hydrogen (secondary N) is 1. The minimum absolute atomic E-state index is 0.00674. The number of aromatic amines is 1. The molecular weight excluding hydrogens is 254 g/mol. The van der Waals surface area contributed by atoms with Crippen LogP contribution in [0.25, 0.3) is 11.2 Å². The van der Waals surface area contributed by atoms with Gasteiger partial charge in [0.1, 0.15) is 11.7 Å². The second-order valence-corrected chi connectivity index (χ2v) is 4.51. The summed E-state index contributed by atoms with van der Waals surface area (Å²) >= 11 is 0. The molecule has 9 nitrogen and oxygen atoms in total. The highest BCUT2D eigenvalue weighted by Crippen LogP contribution is 2.37. The molecule has 0 aromatic carbocycles. The van der Waals surface area contributed by atoms with E-state index in [1.54, 1.807) is 4.57 Å². The van der Waals surface area contributed by atoms with Crippen LogP contribution in [0.4, 0.5) is 5.95 Å². The van der Waals surface area contributed by atoms with Crippen LogP contribution in [0, 0.1) is 0 Å². The van der Waals surface area contributed by atoms with Crippen molar-refractivity contribution in [3.8, 4) is 0 Å². The van der Waals surface area contributed by atoms with Gasteiger partial charge in [0, 0.05) is 0 Å². The molecule has 0 unspecified atom stereocenters. The van der Waals surface area contributed by atoms with E-state index in [-0.39, 0.29) is 31.2 Å². The Morgan fingerprint density at radius 2 is 2.37 bits per heavy atom. The molecule has 19 heavy (non-hydrogen) atoms. The molecule has 9 heteroatoms. The van der Waals surface area contributed by atoms with Crippen LogP contribution in [0.1, 0.15) is 0 Å². The molecule has 1 aliphatic rings. The zero-order chi connectivity index (χ0) is 13.6. The van der Waals surface area contributed by atoms with E-state index in [9.17, 15) is 9.90 Å². The predicted octanol–water partition coefficient (Wildman–Crippen LogP) is -2.18. The summed E-state index contributed by atoms with van der Waals surface area (Å²) in [7, 11) is 0. The highest BCUT2D eigenvalue weighted by atomic mass is 16.6. The number of H-pyrrole nitrogens is 1. The highest BCUT2D eigenvalue weighted by Gasteiger charge is 2.56. The van der Waals surface area contributed by atoms with Crippen molar-refractivity contribution in [1.82, 2.24) is 19.5 Å². The Labute approximate surface area is 106 Å². The van der Waals surface area contributed by atoms with Gasteiger partial charge in [-0.15, -0.1) is 0 Å². The van der Waals surface area contributed by atoms with Crippen molar-refractivity contribution in [3.63, 3.8) is 0 Å². The molecule has 0 bridgehead atoms. The number of ether oxygens (including phenoxy) is 1. The first-order valence-corrected chi connectivity index (χ1v) is 5.70. The minimum Gasteiger partial charge on any atom is -0.394 e. The lowest BCUT2D eigenvalue weighted by Gasteiger charge is -2.10. The molecule has 3 rings (SSSR count). The quantitative estimate of drug-likeness (QED) is 0.461. The van der Waals surface area contributed by atoms with E-state index in [2.05, 4.69) is 15.0 Å². The first-order chi connectivity index (χ1) is 9.09. The molecule has 0 spiro atoms. The Bertz CT molecular complexity index is 680. The summed E-state index contributed by atoms with van der Waals surface area (Å²) in [5, 5.41) is 18.4. The van der Waals surface area contributed by atoms with Gasteiger partial charge < -0.3 is 25.3 Å². The third-order valence-electron chi connectivity index (χ3n) is 3.27. The van der Waals surface area contributed by atoms with Gasteiger partial charge in [0.25, 0.3) is 5.56 Å². The second-order valence-electron chi connectivity index (χ2n) is 4.51. The Kier molecular flexibility index (Phi) is 2.55. The van der Waals surface area contributed by atoms with Crippen molar-refractivity contribution >= 4 is 17.1 Å². The van der Waals surface area contributed by atoms with Crippen LogP contribution < -0.4 is 11.3 Å². The fourth-order valence-corrected chi connectivity index (χ4v) is 2.16. The molecule has 0 amide bonds. The van der Waals surface area contributed by atoms with Crippen LogP contribution >= 0.6 is 0 Å². The summed E-state index contributed by atoms with van der Waals surface area (Å²) in [6.07, 6.45) is 1.01. The number of rotatable bonds is 4. The first-order valence-electron chi connectivity index (χ1n) is 5.70. The number of imidazole rings is 1. The average Bonchev–Trinajstić information content (AvgIpc) is 2.95. The molecule has 0 radical (unpaired) electrons. The summed E-state index contributed by atoms with van der Waals surface area (Å²) in [5.74, 6) is -0.00674. The molecule has 0 saturated carbocycles. The molecule has 5 N–H and O–H groups in total. The molecule has 2 aromatic heterocycles. The van der Waals surface area contributed by atoms with Crippen molar-refractivity contribution in [1.29, 1.82) is 0 Å². The normalized spacial score (nSPS) is 25.9. The first kappa shape index (κ1) is 12.1. The monoisotopic (exact) mass is 267 g/mol. The molecule has 3 heterocycles. The van der Waals surface area contributed by atoms with Gasteiger partial charge in [-0.05, 0) is 0 Å². The maximum Gasteiger partial charge on any atom is 0.280 e. The summed E-state index contributed by atoms with van der Waals surface area (Å²) in [4.78, 5) is 21.9. The molecule has 1 fully saturated rings. The maximum atomic E-state index is 11.6. The lowest BCUT2D eigenvalue weighted by atomic mass is 10.1. The van der Waals surface area contributed by atoms with Gasteiger partial charge in [-0.2, -0.15) is 4.98 Å². The van der Waals surface area contributed by atoms with E-state index >= 15 is 0 Å². The van der Waals surface area contributed by atoms with Gasteiger partial charge in [-0.3, -0.25) is 9.78 Å². The number of nitrogen functional groups attached to an aromatic ring is 1.